The molecule has 152 valence electrons. The Morgan fingerprint density at radius 3 is 2.75 bits per heavy atom. The number of aromatic nitrogens is 1. The van der Waals surface area contributed by atoms with Gasteiger partial charge in [-0.25, -0.2) is 8.78 Å². The highest BCUT2D eigenvalue weighted by molar-refractivity contribution is 5.92. The predicted octanol–water partition coefficient (Wildman–Crippen LogP) is 2.00. The van der Waals surface area contributed by atoms with Gasteiger partial charge in [-0.1, -0.05) is 5.16 Å². The Kier molecular flexibility index (Phi) is 4.75. The van der Waals surface area contributed by atoms with Gasteiger partial charge in [0.2, 0.25) is 0 Å². The van der Waals surface area contributed by atoms with Crippen LogP contribution in [-0.4, -0.2) is 70.2 Å². The van der Waals surface area contributed by atoms with Crippen molar-refractivity contribution >= 4 is 5.91 Å². The molecule has 2 saturated heterocycles. The summed E-state index contributed by atoms with van der Waals surface area (Å²) in [6.45, 7) is 3.71. The molecule has 4 rings (SSSR count). The van der Waals surface area contributed by atoms with Crippen molar-refractivity contribution in [2.45, 2.75) is 44.7 Å². The molecular weight excluding hydrogens is 372 g/mol. The first-order valence-corrected chi connectivity index (χ1v) is 9.31. The summed E-state index contributed by atoms with van der Waals surface area (Å²) in [6, 6.07) is 2.66. The Morgan fingerprint density at radius 2 is 2.11 bits per heavy atom. The average molecular weight is 395 g/mol. The van der Waals surface area contributed by atoms with Gasteiger partial charge in [-0.3, -0.25) is 9.69 Å². The number of nitrogens with zero attached hydrogens (tertiary/aromatic N) is 3. The first-order chi connectivity index (χ1) is 13.3. The molecule has 1 amide bonds. The van der Waals surface area contributed by atoms with E-state index in [1.165, 1.54) is 0 Å². The summed E-state index contributed by atoms with van der Waals surface area (Å²) in [7, 11) is 0. The van der Waals surface area contributed by atoms with Gasteiger partial charge in [-0.15, -0.1) is 0 Å². The monoisotopic (exact) mass is 395 g/mol. The van der Waals surface area contributed by atoms with E-state index < -0.39 is 12.0 Å². The number of rotatable bonds is 5. The van der Waals surface area contributed by atoms with Gasteiger partial charge in [0.15, 0.2) is 5.76 Å². The lowest BCUT2D eigenvalue weighted by atomic mass is 10.1. The molecule has 0 aliphatic carbocycles. The van der Waals surface area contributed by atoms with Gasteiger partial charge in [-0.2, -0.15) is 0 Å². The van der Waals surface area contributed by atoms with Crippen LogP contribution in [0.15, 0.2) is 21.1 Å². The van der Waals surface area contributed by atoms with Gasteiger partial charge in [-0.05, 0) is 26.0 Å². The largest absolute Gasteiger partial charge is 0.456 e. The van der Waals surface area contributed by atoms with E-state index in [1.807, 2.05) is 13.8 Å². The molecule has 0 saturated carbocycles. The highest BCUT2D eigenvalue weighted by atomic mass is 19.3. The number of likely N-dealkylation sites (tertiary alicyclic amines) is 2. The van der Waals surface area contributed by atoms with Crippen LogP contribution in [0.25, 0.3) is 0 Å². The minimum atomic E-state index is -2.79. The second kappa shape index (κ2) is 6.97. The van der Waals surface area contributed by atoms with Crippen LogP contribution in [0.4, 0.5) is 8.78 Å². The first kappa shape index (κ1) is 19.1. The van der Waals surface area contributed by atoms with Crippen LogP contribution in [0, 0.1) is 13.8 Å². The fraction of sp³-hybridized carbons (Fsp3) is 0.579. The van der Waals surface area contributed by atoms with Crippen LogP contribution in [0.2, 0.25) is 0 Å². The van der Waals surface area contributed by atoms with Crippen LogP contribution in [0.5, 0.6) is 0 Å². The van der Waals surface area contributed by atoms with Crippen LogP contribution in [0.1, 0.15) is 39.8 Å². The summed E-state index contributed by atoms with van der Waals surface area (Å²) in [6.07, 6.45) is 0.148. The summed E-state index contributed by atoms with van der Waals surface area (Å²) >= 11 is 0. The number of alkyl halides is 2. The minimum Gasteiger partial charge on any atom is -0.456 e. The molecule has 0 bridgehead atoms. The maximum atomic E-state index is 13.6. The van der Waals surface area contributed by atoms with Crippen LogP contribution < -0.4 is 0 Å². The highest BCUT2D eigenvalue weighted by Crippen LogP contribution is 2.35. The molecule has 1 N–H and O–H groups in total. The number of halogens is 2. The zero-order chi connectivity index (χ0) is 20.1. The number of hydrogen-bond acceptors (Lipinski definition) is 6. The van der Waals surface area contributed by atoms with Crippen molar-refractivity contribution in [2.24, 2.45) is 0 Å². The number of hydrogen-bond donors (Lipinski definition) is 1. The lowest BCUT2D eigenvalue weighted by Gasteiger charge is -2.45. The van der Waals surface area contributed by atoms with Crippen molar-refractivity contribution in [3.8, 4) is 0 Å². The van der Waals surface area contributed by atoms with Gasteiger partial charge >= 0.3 is 0 Å². The van der Waals surface area contributed by atoms with Gasteiger partial charge in [0.1, 0.15) is 11.5 Å². The fourth-order valence-corrected chi connectivity index (χ4v) is 4.02. The molecule has 7 nitrogen and oxygen atoms in total. The van der Waals surface area contributed by atoms with Crippen LogP contribution in [0.3, 0.4) is 0 Å². The second-order valence-corrected chi connectivity index (χ2v) is 7.68. The third-order valence-electron chi connectivity index (χ3n) is 5.65. The molecule has 2 aromatic rings. The molecule has 1 atom stereocenters. The molecule has 2 aromatic heterocycles. The maximum Gasteiger partial charge on any atom is 0.289 e. The zero-order valence-electron chi connectivity index (χ0n) is 15.8. The quantitative estimate of drug-likeness (QED) is 0.834. The van der Waals surface area contributed by atoms with Gasteiger partial charge in [0.05, 0.1) is 18.8 Å². The Hall–Kier alpha value is -2.26. The van der Waals surface area contributed by atoms with Gasteiger partial charge in [0.25, 0.3) is 11.8 Å². The van der Waals surface area contributed by atoms with E-state index >= 15 is 0 Å². The van der Waals surface area contributed by atoms with E-state index in [1.54, 1.807) is 21.9 Å². The first-order valence-electron chi connectivity index (χ1n) is 9.31. The Bertz CT molecular complexity index is 853. The Morgan fingerprint density at radius 1 is 1.36 bits per heavy atom. The number of amides is 1. The standard InChI is InChI=1S/C19H23F2N3O4/c1-11-16(12(2)28-22-11)5-15-3-4-17(27-15)18(26)23-7-14(8-23)24-10-19(20,21)6-13(24)9-25/h3-4,13-14,25H,5-10H2,1-2H3/t13-/m0/s1. The van der Waals surface area contributed by atoms with E-state index in [-0.39, 0.29) is 37.3 Å². The SMILES string of the molecule is Cc1noc(C)c1Cc1ccc(C(=O)N2CC(N3CC(F)(F)C[C@H]3CO)C2)o1. The van der Waals surface area contributed by atoms with E-state index in [4.69, 9.17) is 8.94 Å². The number of carbonyl (C=O) groups excluding carboxylic acids is 1. The normalized spacial score (nSPS) is 22.6. The van der Waals surface area contributed by atoms with Crippen molar-refractivity contribution in [1.82, 2.24) is 15.0 Å². The van der Waals surface area contributed by atoms with Gasteiger partial charge in [0, 0.05) is 43.6 Å². The van der Waals surface area contributed by atoms with Crippen molar-refractivity contribution in [3.05, 3.63) is 40.7 Å². The van der Waals surface area contributed by atoms with Crippen molar-refractivity contribution in [2.75, 3.05) is 26.2 Å². The number of aliphatic hydroxyl groups excluding tert-OH is 1. The predicted molar refractivity (Wildman–Crippen MR) is 94.3 cm³/mol. The third-order valence-corrected chi connectivity index (χ3v) is 5.65. The van der Waals surface area contributed by atoms with E-state index in [0.717, 1.165) is 11.3 Å². The number of furan rings is 1. The molecule has 4 heterocycles. The molecule has 0 unspecified atom stereocenters. The molecular formula is C19H23F2N3O4. The lowest BCUT2D eigenvalue weighted by molar-refractivity contribution is -0.0133. The van der Waals surface area contributed by atoms with Crippen molar-refractivity contribution < 1.29 is 27.6 Å². The molecule has 2 aliphatic rings. The average Bonchev–Trinajstić information content (AvgIpc) is 3.27. The highest BCUT2D eigenvalue weighted by Gasteiger charge is 2.50. The molecule has 2 fully saturated rings. The number of carbonyl (C=O) groups is 1. The number of aliphatic hydroxyl groups is 1. The topological polar surface area (TPSA) is 83.0 Å². The van der Waals surface area contributed by atoms with E-state index in [2.05, 4.69) is 5.16 Å². The Labute approximate surface area is 160 Å². The summed E-state index contributed by atoms with van der Waals surface area (Å²) in [5.74, 6) is -1.47. The maximum absolute atomic E-state index is 13.6. The molecule has 9 heteroatoms. The molecule has 0 aromatic carbocycles. The van der Waals surface area contributed by atoms with E-state index in [9.17, 15) is 18.7 Å². The summed E-state index contributed by atoms with van der Waals surface area (Å²) in [5.41, 5.74) is 1.72. The van der Waals surface area contributed by atoms with Crippen molar-refractivity contribution in [1.29, 1.82) is 0 Å². The molecule has 2 aliphatic heterocycles. The third kappa shape index (κ3) is 3.44. The fourth-order valence-electron chi connectivity index (χ4n) is 4.02. The summed E-state index contributed by atoms with van der Waals surface area (Å²) in [4.78, 5) is 15.8. The molecule has 28 heavy (non-hydrogen) atoms. The lowest BCUT2D eigenvalue weighted by Crippen LogP contribution is -2.62. The zero-order valence-corrected chi connectivity index (χ0v) is 15.8. The Balaban J connectivity index is 1.36. The molecule has 0 spiro atoms. The smallest absolute Gasteiger partial charge is 0.289 e. The van der Waals surface area contributed by atoms with Gasteiger partial charge < -0.3 is 18.9 Å². The van der Waals surface area contributed by atoms with E-state index in [0.29, 0.717) is 31.0 Å². The molecule has 0 radical (unpaired) electrons. The van der Waals surface area contributed by atoms with Crippen molar-refractivity contribution in [3.63, 3.8) is 0 Å². The minimum absolute atomic E-state index is 0.161. The van der Waals surface area contributed by atoms with Crippen LogP contribution >= 0.6 is 0 Å². The van der Waals surface area contributed by atoms with Crippen LogP contribution in [-0.2, 0) is 6.42 Å². The summed E-state index contributed by atoms with van der Waals surface area (Å²) < 4.78 is 38.1. The number of aryl methyl sites for hydroxylation is 2. The summed E-state index contributed by atoms with van der Waals surface area (Å²) in [5, 5.41) is 13.3. The second-order valence-electron chi connectivity index (χ2n) is 7.68.